The smallest absolute Gasteiger partial charge is 0.258 e. The monoisotopic (exact) mass is 815 g/mol. The molecule has 3 aliphatic rings. The molecule has 5 heterocycles. The number of aromatic amines is 1. The van der Waals surface area contributed by atoms with Gasteiger partial charge in [-0.2, -0.15) is 5.10 Å². The van der Waals surface area contributed by atoms with Crippen LogP contribution in [0.15, 0.2) is 79.1 Å². The Balaban J connectivity index is 0.831. The van der Waals surface area contributed by atoms with Crippen molar-refractivity contribution in [3.63, 3.8) is 0 Å². The van der Waals surface area contributed by atoms with Gasteiger partial charge in [-0.05, 0) is 116 Å². The molecule has 3 aliphatic heterocycles. The first-order valence-corrected chi connectivity index (χ1v) is 20.7. The second-order valence-electron chi connectivity index (χ2n) is 16.0. The van der Waals surface area contributed by atoms with Crippen LogP contribution >= 0.6 is 0 Å². The number of rotatable bonds is 12. The lowest BCUT2D eigenvalue weighted by Gasteiger charge is -2.36. The summed E-state index contributed by atoms with van der Waals surface area (Å²) in [5.41, 5.74) is 7.32. The third kappa shape index (κ3) is 8.73. The highest BCUT2D eigenvalue weighted by Crippen LogP contribution is 2.30. The lowest BCUT2D eigenvalue weighted by atomic mass is 10.0. The van der Waals surface area contributed by atoms with E-state index in [1.165, 1.54) is 17.7 Å². The highest BCUT2D eigenvalue weighted by Gasteiger charge is 2.29. The molecule has 2 aromatic heterocycles. The second kappa shape index (κ2) is 17.2. The number of hydrogen-bond donors (Lipinski definition) is 4. The van der Waals surface area contributed by atoms with Crippen molar-refractivity contribution in [2.75, 3.05) is 61.5 Å². The fourth-order valence-corrected chi connectivity index (χ4v) is 8.66. The molecule has 310 valence electrons. The molecule has 3 amide bonds. The maximum Gasteiger partial charge on any atom is 0.258 e. The second-order valence-corrected chi connectivity index (χ2v) is 16.0. The summed E-state index contributed by atoms with van der Waals surface area (Å²) in [5.74, 6) is -1.68. The van der Waals surface area contributed by atoms with E-state index in [2.05, 4.69) is 59.1 Å². The predicted octanol–water partition coefficient (Wildman–Crippen LogP) is 6.36. The van der Waals surface area contributed by atoms with Crippen LogP contribution in [0.3, 0.4) is 0 Å². The van der Waals surface area contributed by atoms with Crippen molar-refractivity contribution in [3.8, 4) is 0 Å². The third-order valence-electron chi connectivity index (χ3n) is 11.9. The average molecular weight is 816 g/mol. The fraction of sp³-hybridized carbons (Fsp3) is 0.356. The molecule has 1 unspecified atom stereocenters. The number of amides is 3. The molecule has 60 heavy (non-hydrogen) atoms. The number of piperidine rings is 1. The van der Waals surface area contributed by atoms with Gasteiger partial charge in [0.25, 0.3) is 5.91 Å². The molecular weight excluding hydrogens is 769 g/mol. The van der Waals surface area contributed by atoms with E-state index in [-0.39, 0.29) is 23.8 Å². The Morgan fingerprint density at radius 1 is 0.867 bits per heavy atom. The minimum atomic E-state index is -0.625. The van der Waals surface area contributed by atoms with Crippen LogP contribution in [0.25, 0.3) is 21.9 Å². The fourth-order valence-electron chi connectivity index (χ4n) is 8.66. The molecule has 0 saturated carbocycles. The molecule has 3 fully saturated rings. The Kier molecular flexibility index (Phi) is 11.3. The molecule has 4 aromatic carbocycles. The summed E-state index contributed by atoms with van der Waals surface area (Å²) in [4.78, 5) is 47.5. The Morgan fingerprint density at radius 2 is 1.67 bits per heavy atom. The number of fused-ring (bicyclic) bond motifs is 2. The van der Waals surface area contributed by atoms with E-state index in [0.29, 0.717) is 54.8 Å². The average Bonchev–Trinajstić information content (AvgIpc) is 3.84. The normalized spacial score (nSPS) is 18.0. The SMILES string of the molecule is O=C1CCC(n2cnc3cc(CCCN4CCN(c5ccc(C(=O)Nc6n[nH]c7ccc(Cc8cc(F)cc(F)c8)cc67)c(NC6CCOCC6)c5)CC4)ccc32)C(=O)N1. The van der Waals surface area contributed by atoms with Gasteiger partial charge in [0.2, 0.25) is 11.8 Å². The molecule has 15 heteroatoms. The Hall–Kier alpha value is -6.19. The number of H-pyrrole nitrogens is 1. The zero-order valence-electron chi connectivity index (χ0n) is 33.2. The van der Waals surface area contributed by atoms with Crippen LogP contribution in [0.4, 0.5) is 26.0 Å². The standard InChI is InChI=1S/C45H47F2N9O4/c46-31-21-30(22-32(47)25-31)20-29-3-7-37-36(23-29)43(53-52-37)51-44(58)35-6-5-34(26-38(35)49-33-11-18-60-19-12-33)55-16-14-54(15-17-55)13-1-2-28-4-8-40-39(24-28)48-27-56(40)41-9-10-42(57)50-45(41)59/h3-8,21-27,33,41,49H,1-2,9-20H2,(H,50,57,59)(H2,51,52,53,58). The van der Waals surface area contributed by atoms with Crippen LogP contribution in [0.2, 0.25) is 0 Å². The van der Waals surface area contributed by atoms with Crippen LogP contribution in [0.5, 0.6) is 0 Å². The third-order valence-corrected chi connectivity index (χ3v) is 11.9. The number of hydrogen-bond acceptors (Lipinski definition) is 9. The molecule has 6 aromatic rings. The zero-order chi connectivity index (χ0) is 41.2. The van der Waals surface area contributed by atoms with E-state index >= 15 is 0 Å². The van der Waals surface area contributed by atoms with Gasteiger partial charge >= 0.3 is 0 Å². The molecule has 1 atom stereocenters. The first kappa shape index (κ1) is 39.3. The quantitative estimate of drug-likeness (QED) is 0.104. The van der Waals surface area contributed by atoms with Gasteiger partial charge in [0, 0.05) is 74.7 Å². The minimum Gasteiger partial charge on any atom is -0.381 e. The Morgan fingerprint density at radius 3 is 2.47 bits per heavy atom. The summed E-state index contributed by atoms with van der Waals surface area (Å²) in [5, 5.41) is 17.2. The number of aryl methyl sites for hydroxylation is 1. The van der Waals surface area contributed by atoms with Crippen LogP contribution in [-0.4, -0.2) is 94.3 Å². The molecule has 0 spiro atoms. The van der Waals surface area contributed by atoms with Gasteiger partial charge in [0.15, 0.2) is 5.82 Å². The Labute approximate surface area is 345 Å². The van der Waals surface area contributed by atoms with E-state index < -0.39 is 17.7 Å². The molecule has 13 nitrogen and oxygen atoms in total. The lowest BCUT2D eigenvalue weighted by Crippen LogP contribution is -2.46. The summed E-state index contributed by atoms with van der Waals surface area (Å²) in [6.45, 7) is 5.85. The maximum atomic E-state index is 14.0. The number of imide groups is 1. The van der Waals surface area contributed by atoms with Gasteiger partial charge in [-0.25, -0.2) is 13.8 Å². The van der Waals surface area contributed by atoms with Crippen molar-refractivity contribution in [2.24, 2.45) is 0 Å². The van der Waals surface area contributed by atoms with Crippen molar-refractivity contribution < 1.29 is 27.9 Å². The number of anilines is 3. The number of carbonyl (C=O) groups excluding carboxylic acids is 3. The van der Waals surface area contributed by atoms with Crippen LogP contribution in [0, 0.1) is 11.6 Å². The molecule has 9 rings (SSSR count). The van der Waals surface area contributed by atoms with Crippen molar-refractivity contribution in [1.29, 1.82) is 0 Å². The van der Waals surface area contributed by atoms with E-state index in [9.17, 15) is 23.2 Å². The highest BCUT2D eigenvalue weighted by atomic mass is 19.1. The van der Waals surface area contributed by atoms with Gasteiger partial charge in [-0.1, -0.05) is 12.1 Å². The van der Waals surface area contributed by atoms with E-state index in [4.69, 9.17) is 4.74 Å². The van der Waals surface area contributed by atoms with Crippen LogP contribution in [-0.2, 0) is 27.2 Å². The van der Waals surface area contributed by atoms with Gasteiger partial charge in [-0.15, -0.1) is 0 Å². The number of aromatic nitrogens is 4. The van der Waals surface area contributed by atoms with Gasteiger partial charge in [0.1, 0.15) is 17.7 Å². The number of piperazine rings is 1. The molecule has 0 bridgehead atoms. The first-order valence-electron chi connectivity index (χ1n) is 20.7. The number of nitrogens with zero attached hydrogens (tertiary/aromatic N) is 5. The van der Waals surface area contributed by atoms with Gasteiger partial charge in [0.05, 0.1) is 28.4 Å². The molecule has 4 N–H and O–H groups in total. The van der Waals surface area contributed by atoms with E-state index in [1.54, 1.807) is 6.33 Å². The summed E-state index contributed by atoms with van der Waals surface area (Å²) < 4.78 is 35.2. The molecule has 0 radical (unpaired) electrons. The Bertz CT molecular complexity index is 2540. The van der Waals surface area contributed by atoms with E-state index in [0.717, 1.165) is 98.0 Å². The maximum absolute atomic E-state index is 14.0. The summed E-state index contributed by atoms with van der Waals surface area (Å²) >= 11 is 0. The minimum absolute atomic E-state index is 0.167. The highest BCUT2D eigenvalue weighted by molar-refractivity contribution is 6.11. The summed E-state index contributed by atoms with van der Waals surface area (Å²) in [7, 11) is 0. The first-order chi connectivity index (χ1) is 29.2. The zero-order valence-corrected chi connectivity index (χ0v) is 33.2. The number of halogens is 2. The summed E-state index contributed by atoms with van der Waals surface area (Å²) in [6.07, 6.45) is 6.41. The largest absolute Gasteiger partial charge is 0.381 e. The van der Waals surface area contributed by atoms with Crippen LogP contribution in [0.1, 0.15) is 65.2 Å². The lowest BCUT2D eigenvalue weighted by molar-refractivity contribution is -0.135. The number of imidazole rings is 1. The van der Waals surface area contributed by atoms with E-state index in [1.807, 2.05) is 41.0 Å². The van der Waals surface area contributed by atoms with Crippen molar-refractivity contribution in [1.82, 2.24) is 30.0 Å². The van der Waals surface area contributed by atoms with Crippen molar-refractivity contribution >= 4 is 56.9 Å². The summed E-state index contributed by atoms with van der Waals surface area (Å²) in [6, 6.07) is 21.0. The topological polar surface area (TPSA) is 150 Å². The molecular formula is C45H47F2N9O4. The van der Waals surface area contributed by atoms with Crippen molar-refractivity contribution in [2.45, 2.75) is 57.0 Å². The number of nitrogens with one attached hydrogen (secondary N) is 4. The van der Waals surface area contributed by atoms with Gasteiger partial charge in [-0.3, -0.25) is 29.7 Å². The molecule has 0 aliphatic carbocycles. The molecule has 3 saturated heterocycles. The number of benzene rings is 4. The van der Waals surface area contributed by atoms with Crippen molar-refractivity contribution in [3.05, 3.63) is 113 Å². The van der Waals surface area contributed by atoms with Gasteiger partial charge < -0.3 is 24.8 Å². The number of carbonyl (C=O) groups is 3. The number of ether oxygens (including phenoxy) is 1. The van der Waals surface area contributed by atoms with Crippen LogP contribution < -0.4 is 20.9 Å². The predicted molar refractivity (Wildman–Crippen MR) is 225 cm³/mol.